The lowest BCUT2D eigenvalue weighted by Crippen LogP contribution is -2.33. The predicted octanol–water partition coefficient (Wildman–Crippen LogP) is 3.11. The Hall–Kier alpha value is -0.0500. The lowest BCUT2D eigenvalue weighted by atomic mass is 9.87. The van der Waals surface area contributed by atoms with Crippen LogP contribution in [0.5, 0.6) is 0 Å². The van der Waals surface area contributed by atoms with Crippen molar-refractivity contribution in [1.82, 2.24) is 5.32 Å². The fraction of sp³-hybridized carbons (Fsp3) is 0.600. The first-order valence-corrected chi connectivity index (χ1v) is 5.93. The number of hydrogen-bond acceptors (Lipinski definition) is 2. The fourth-order valence-corrected chi connectivity index (χ4v) is 3.29. The molecule has 3 heteroatoms. The molecule has 1 aromatic rings. The number of nitrogens with one attached hydrogen (secondary N) is 1. The van der Waals surface area contributed by atoms with Crippen LogP contribution in [-0.4, -0.2) is 13.1 Å². The van der Waals surface area contributed by atoms with Crippen molar-refractivity contribution in [2.75, 3.05) is 13.1 Å². The topological polar surface area (TPSA) is 12.0 Å². The van der Waals surface area contributed by atoms with Gasteiger partial charge < -0.3 is 5.32 Å². The molecule has 2 heterocycles. The first kappa shape index (κ1) is 9.50. The average Bonchev–Trinajstić information content (AvgIpc) is 2.53. The maximum Gasteiger partial charge on any atom is 0.0931 e. The Balaban J connectivity index is 2.14. The van der Waals surface area contributed by atoms with Crippen molar-refractivity contribution in [2.24, 2.45) is 5.92 Å². The van der Waals surface area contributed by atoms with E-state index in [0.29, 0.717) is 0 Å². The predicted molar refractivity (Wildman–Crippen MR) is 58.7 cm³/mol. The van der Waals surface area contributed by atoms with Crippen LogP contribution < -0.4 is 5.32 Å². The Morgan fingerprint density at radius 2 is 2.38 bits per heavy atom. The van der Waals surface area contributed by atoms with E-state index in [0.717, 1.165) is 29.3 Å². The Morgan fingerprint density at radius 3 is 3.00 bits per heavy atom. The lowest BCUT2D eigenvalue weighted by Gasteiger charge is -2.28. The van der Waals surface area contributed by atoms with Crippen LogP contribution in [0.25, 0.3) is 0 Å². The van der Waals surface area contributed by atoms with Crippen LogP contribution >= 0.6 is 22.9 Å². The molecule has 0 radical (unpaired) electrons. The fourth-order valence-electron chi connectivity index (χ4n) is 1.96. The monoisotopic (exact) mass is 215 g/mol. The number of thiophene rings is 1. The molecule has 2 unspecified atom stereocenters. The first-order valence-electron chi connectivity index (χ1n) is 4.73. The zero-order valence-corrected chi connectivity index (χ0v) is 9.29. The molecule has 2 atom stereocenters. The third-order valence-electron chi connectivity index (χ3n) is 2.74. The SMILES string of the molecule is CC1CNCCC1c1ccc(Cl)s1. The molecule has 0 spiro atoms. The number of hydrogen-bond donors (Lipinski definition) is 1. The molecular weight excluding hydrogens is 202 g/mol. The highest BCUT2D eigenvalue weighted by Gasteiger charge is 2.23. The molecule has 1 aromatic heterocycles. The lowest BCUT2D eigenvalue weighted by molar-refractivity contribution is 0.353. The van der Waals surface area contributed by atoms with Gasteiger partial charge in [-0.05, 0) is 43.5 Å². The van der Waals surface area contributed by atoms with E-state index in [-0.39, 0.29) is 0 Å². The zero-order valence-electron chi connectivity index (χ0n) is 7.72. The summed E-state index contributed by atoms with van der Waals surface area (Å²) in [5.74, 6) is 1.46. The molecule has 0 aliphatic carbocycles. The molecule has 2 rings (SSSR count). The summed E-state index contributed by atoms with van der Waals surface area (Å²) in [6, 6.07) is 4.19. The second kappa shape index (κ2) is 3.99. The third-order valence-corrected chi connectivity index (χ3v) is 4.11. The first-order chi connectivity index (χ1) is 6.27. The molecule has 1 nitrogen and oxygen atoms in total. The maximum absolute atomic E-state index is 5.93. The number of halogens is 1. The number of piperidine rings is 1. The summed E-state index contributed by atoms with van der Waals surface area (Å²) >= 11 is 7.67. The summed E-state index contributed by atoms with van der Waals surface area (Å²) in [6.45, 7) is 4.59. The molecule has 1 N–H and O–H groups in total. The van der Waals surface area contributed by atoms with Gasteiger partial charge in [0, 0.05) is 4.88 Å². The summed E-state index contributed by atoms with van der Waals surface area (Å²) in [4.78, 5) is 1.46. The smallest absolute Gasteiger partial charge is 0.0931 e. The van der Waals surface area contributed by atoms with Gasteiger partial charge in [-0.25, -0.2) is 0 Å². The molecule has 1 aliphatic rings. The largest absolute Gasteiger partial charge is 0.316 e. The Morgan fingerprint density at radius 1 is 1.54 bits per heavy atom. The summed E-state index contributed by atoms with van der Waals surface area (Å²) < 4.78 is 0.917. The van der Waals surface area contributed by atoms with Crippen LogP contribution in [0.2, 0.25) is 4.34 Å². The highest BCUT2D eigenvalue weighted by molar-refractivity contribution is 7.16. The number of rotatable bonds is 1. The minimum absolute atomic E-state index is 0.721. The van der Waals surface area contributed by atoms with Gasteiger partial charge in [0.1, 0.15) is 0 Å². The van der Waals surface area contributed by atoms with E-state index >= 15 is 0 Å². The second-order valence-corrected chi connectivity index (χ2v) is 5.47. The van der Waals surface area contributed by atoms with Crippen LogP contribution in [-0.2, 0) is 0 Å². The minimum Gasteiger partial charge on any atom is -0.316 e. The van der Waals surface area contributed by atoms with E-state index in [4.69, 9.17) is 11.6 Å². The van der Waals surface area contributed by atoms with Gasteiger partial charge in [-0.3, -0.25) is 0 Å². The second-order valence-electron chi connectivity index (χ2n) is 3.72. The van der Waals surface area contributed by atoms with Gasteiger partial charge >= 0.3 is 0 Å². The zero-order chi connectivity index (χ0) is 9.26. The van der Waals surface area contributed by atoms with Crippen LogP contribution in [0.15, 0.2) is 12.1 Å². The molecule has 0 amide bonds. The van der Waals surface area contributed by atoms with E-state index in [9.17, 15) is 0 Å². The van der Waals surface area contributed by atoms with Gasteiger partial charge in [-0.1, -0.05) is 18.5 Å². The maximum atomic E-state index is 5.93. The van der Waals surface area contributed by atoms with Gasteiger partial charge in [0.2, 0.25) is 0 Å². The van der Waals surface area contributed by atoms with E-state index < -0.39 is 0 Å². The van der Waals surface area contributed by atoms with Crippen molar-refractivity contribution in [2.45, 2.75) is 19.3 Å². The van der Waals surface area contributed by atoms with E-state index in [1.165, 1.54) is 11.3 Å². The Bertz CT molecular complexity index is 284. The van der Waals surface area contributed by atoms with Gasteiger partial charge in [0.05, 0.1) is 4.34 Å². The van der Waals surface area contributed by atoms with Crippen LogP contribution in [0.1, 0.15) is 24.1 Å². The van der Waals surface area contributed by atoms with Crippen molar-refractivity contribution in [3.05, 3.63) is 21.3 Å². The normalized spacial score (nSPS) is 29.1. The third kappa shape index (κ3) is 2.06. The summed E-state index contributed by atoms with van der Waals surface area (Å²) in [7, 11) is 0. The summed E-state index contributed by atoms with van der Waals surface area (Å²) in [5, 5.41) is 3.41. The van der Waals surface area contributed by atoms with Gasteiger partial charge in [0.15, 0.2) is 0 Å². The Labute approximate surface area is 88.1 Å². The van der Waals surface area contributed by atoms with Crippen molar-refractivity contribution in [3.8, 4) is 0 Å². The Kier molecular flexibility index (Phi) is 2.92. The summed E-state index contributed by atoms with van der Waals surface area (Å²) in [5.41, 5.74) is 0. The van der Waals surface area contributed by atoms with Crippen molar-refractivity contribution in [1.29, 1.82) is 0 Å². The van der Waals surface area contributed by atoms with Crippen molar-refractivity contribution < 1.29 is 0 Å². The average molecular weight is 216 g/mol. The van der Waals surface area contributed by atoms with Gasteiger partial charge in [-0.2, -0.15) is 0 Å². The van der Waals surface area contributed by atoms with E-state index in [1.807, 2.05) is 6.07 Å². The van der Waals surface area contributed by atoms with Gasteiger partial charge in [-0.15, -0.1) is 11.3 Å². The van der Waals surface area contributed by atoms with E-state index in [2.05, 4.69) is 18.3 Å². The molecule has 72 valence electrons. The molecule has 1 fully saturated rings. The molecule has 13 heavy (non-hydrogen) atoms. The highest BCUT2D eigenvalue weighted by atomic mass is 35.5. The molecular formula is C10H14ClNS. The molecule has 0 saturated carbocycles. The van der Waals surface area contributed by atoms with Crippen LogP contribution in [0, 0.1) is 5.92 Å². The standard InChI is InChI=1S/C10H14ClNS/c1-7-6-12-5-4-8(7)9-2-3-10(11)13-9/h2-3,7-8,12H,4-6H2,1H3. The molecule has 1 aliphatic heterocycles. The van der Waals surface area contributed by atoms with Gasteiger partial charge in [0.25, 0.3) is 0 Å². The van der Waals surface area contributed by atoms with Crippen molar-refractivity contribution in [3.63, 3.8) is 0 Å². The quantitative estimate of drug-likeness (QED) is 0.759. The highest BCUT2D eigenvalue weighted by Crippen LogP contribution is 2.35. The molecule has 0 bridgehead atoms. The van der Waals surface area contributed by atoms with Crippen molar-refractivity contribution >= 4 is 22.9 Å². The summed E-state index contributed by atoms with van der Waals surface area (Å²) in [6.07, 6.45) is 1.25. The minimum atomic E-state index is 0.721. The molecule has 0 aromatic carbocycles. The molecule has 1 saturated heterocycles. The van der Waals surface area contributed by atoms with Crippen LogP contribution in [0.3, 0.4) is 0 Å². The van der Waals surface area contributed by atoms with Crippen LogP contribution in [0.4, 0.5) is 0 Å². The van der Waals surface area contributed by atoms with E-state index in [1.54, 1.807) is 11.3 Å².